The van der Waals surface area contributed by atoms with Gasteiger partial charge in [-0.15, -0.1) is 12.4 Å². The van der Waals surface area contributed by atoms with E-state index in [0.29, 0.717) is 5.56 Å². The molecule has 0 saturated heterocycles. The smallest absolute Gasteiger partial charge is 0.337 e. The lowest BCUT2D eigenvalue weighted by Crippen LogP contribution is -2.17. The van der Waals surface area contributed by atoms with Crippen LogP contribution in [-0.4, -0.2) is 19.1 Å². The molecule has 1 atom stereocenters. The predicted molar refractivity (Wildman–Crippen MR) is 62.4 cm³/mol. The van der Waals surface area contributed by atoms with E-state index >= 15 is 0 Å². The summed E-state index contributed by atoms with van der Waals surface area (Å²) in [5.41, 5.74) is 7.36. The van der Waals surface area contributed by atoms with Gasteiger partial charge in [0.2, 0.25) is 0 Å². The molecule has 0 amide bonds. The molecule has 0 radical (unpaired) electrons. The Hall–Kier alpha value is -1.06. The molecule has 3 nitrogen and oxygen atoms in total. The SMILES string of the molecule is COC(=O)c1ccc(C[C@H](C)N)cc1.Cl. The highest BCUT2D eigenvalue weighted by Gasteiger charge is 2.04. The zero-order valence-corrected chi connectivity index (χ0v) is 9.71. The van der Waals surface area contributed by atoms with Crippen LogP contribution in [0.2, 0.25) is 0 Å². The van der Waals surface area contributed by atoms with Gasteiger partial charge in [0.05, 0.1) is 12.7 Å². The summed E-state index contributed by atoms with van der Waals surface area (Å²) in [6.07, 6.45) is 0.821. The summed E-state index contributed by atoms with van der Waals surface area (Å²) in [7, 11) is 1.37. The Kier molecular flexibility index (Phi) is 5.97. The summed E-state index contributed by atoms with van der Waals surface area (Å²) < 4.78 is 4.59. The largest absolute Gasteiger partial charge is 0.465 e. The standard InChI is InChI=1S/C11H15NO2.ClH/c1-8(12)7-9-3-5-10(6-4-9)11(13)14-2;/h3-6,8H,7,12H2,1-2H3;1H/t8-;/m0./s1. The van der Waals surface area contributed by atoms with Crippen LogP contribution in [0.4, 0.5) is 0 Å². The summed E-state index contributed by atoms with van der Waals surface area (Å²) in [4.78, 5) is 11.1. The van der Waals surface area contributed by atoms with E-state index in [-0.39, 0.29) is 24.4 Å². The van der Waals surface area contributed by atoms with Crippen LogP contribution in [0.5, 0.6) is 0 Å². The first kappa shape index (κ1) is 13.9. The molecule has 1 aromatic carbocycles. The second-order valence-corrected chi connectivity index (χ2v) is 3.37. The zero-order chi connectivity index (χ0) is 10.6. The highest BCUT2D eigenvalue weighted by molar-refractivity contribution is 5.89. The molecule has 0 spiro atoms. The van der Waals surface area contributed by atoms with Gasteiger partial charge in [0, 0.05) is 6.04 Å². The van der Waals surface area contributed by atoms with Crippen molar-refractivity contribution in [3.63, 3.8) is 0 Å². The van der Waals surface area contributed by atoms with E-state index in [4.69, 9.17) is 5.73 Å². The van der Waals surface area contributed by atoms with Crippen molar-refractivity contribution in [2.24, 2.45) is 5.73 Å². The van der Waals surface area contributed by atoms with Crippen molar-refractivity contribution in [3.8, 4) is 0 Å². The number of carbonyl (C=O) groups is 1. The molecular formula is C11H16ClNO2. The number of rotatable bonds is 3. The maximum absolute atomic E-state index is 11.1. The first-order chi connectivity index (χ1) is 6.63. The highest BCUT2D eigenvalue weighted by Crippen LogP contribution is 2.07. The molecule has 15 heavy (non-hydrogen) atoms. The van der Waals surface area contributed by atoms with Crippen molar-refractivity contribution in [1.82, 2.24) is 0 Å². The van der Waals surface area contributed by atoms with Crippen molar-refractivity contribution in [1.29, 1.82) is 0 Å². The van der Waals surface area contributed by atoms with E-state index in [1.807, 2.05) is 19.1 Å². The van der Waals surface area contributed by atoms with E-state index < -0.39 is 0 Å². The fourth-order valence-corrected chi connectivity index (χ4v) is 1.27. The number of esters is 1. The van der Waals surface area contributed by atoms with Gasteiger partial charge in [-0.3, -0.25) is 0 Å². The molecule has 1 aromatic rings. The van der Waals surface area contributed by atoms with Crippen molar-refractivity contribution in [3.05, 3.63) is 35.4 Å². The molecule has 0 aliphatic rings. The minimum atomic E-state index is -0.308. The number of methoxy groups -OCH3 is 1. The summed E-state index contributed by atoms with van der Waals surface area (Å²) in [5.74, 6) is -0.308. The van der Waals surface area contributed by atoms with Crippen LogP contribution in [0, 0.1) is 0 Å². The van der Waals surface area contributed by atoms with Crippen LogP contribution >= 0.6 is 12.4 Å². The lowest BCUT2D eigenvalue weighted by molar-refractivity contribution is 0.0601. The molecule has 0 aromatic heterocycles. The normalized spacial score (nSPS) is 11.4. The van der Waals surface area contributed by atoms with E-state index in [0.717, 1.165) is 12.0 Å². The molecule has 84 valence electrons. The Bertz CT molecular complexity index is 309. The summed E-state index contributed by atoms with van der Waals surface area (Å²) in [6.45, 7) is 1.95. The third-order valence-electron chi connectivity index (χ3n) is 1.93. The number of hydrogen-bond acceptors (Lipinski definition) is 3. The van der Waals surface area contributed by atoms with Gasteiger partial charge >= 0.3 is 5.97 Å². The third kappa shape index (κ3) is 4.32. The van der Waals surface area contributed by atoms with Crippen molar-refractivity contribution in [2.75, 3.05) is 7.11 Å². The molecule has 0 aliphatic heterocycles. The fourth-order valence-electron chi connectivity index (χ4n) is 1.27. The molecule has 1 rings (SSSR count). The maximum atomic E-state index is 11.1. The first-order valence-corrected chi connectivity index (χ1v) is 4.56. The van der Waals surface area contributed by atoms with Crippen molar-refractivity contribution < 1.29 is 9.53 Å². The first-order valence-electron chi connectivity index (χ1n) is 4.56. The van der Waals surface area contributed by atoms with Crippen LogP contribution < -0.4 is 5.73 Å². The van der Waals surface area contributed by atoms with Crippen LogP contribution in [0.1, 0.15) is 22.8 Å². The van der Waals surface area contributed by atoms with Gasteiger partial charge in [-0.25, -0.2) is 4.79 Å². The van der Waals surface area contributed by atoms with Crippen molar-refractivity contribution in [2.45, 2.75) is 19.4 Å². The molecular weight excluding hydrogens is 214 g/mol. The minimum Gasteiger partial charge on any atom is -0.465 e. The lowest BCUT2D eigenvalue weighted by Gasteiger charge is -2.05. The van der Waals surface area contributed by atoms with Gasteiger partial charge in [-0.05, 0) is 31.0 Å². The van der Waals surface area contributed by atoms with Crippen LogP contribution in [0.15, 0.2) is 24.3 Å². The molecule has 0 unspecified atom stereocenters. The maximum Gasteiger partial charge on any atom is 0.337 e. The van der Waals surface area contributed by atoms with E-state index in [9.17, 15) is 4.79 Å². The van der Waals surface area contributed by atoms with Crippen molar-refractivity contribution >= 4 is 18.4 Å². The number of halogens is 1. The molecule has 0 heterocycles. The topological polar surface area (TPSA) is 52.3 Å². The van der Waals surface area contributed by atoms with E-state index in [1.165, 1.54) is 7.11 Å². The molecule has 0 saturated carbocycles. The average Bonchev–Trinajstić information content (AvgIpc) is 2.17. The lowest BCUT2D eigenvalue weighted by atomic mass is 10.1. The summed E-state index contributed by atoms with van der Waals surface area (Å²) in [5, 5.41) is 0. The Morgan fingerprint density at radius 3 is 2.33 bits per heavy atom. The number of carbonyl (C=O) groups excluding carboxylic acids is 1. The zero-order valence-electron chi connectivity index (χ0n) is 8.90. The summed E-state index contributed by atoms with van der Waals surface area (Å²) in [6, 6.07) is 7.44. The average molecular weight is 230 g/mol. The van der Waals surface area contributed by atoms with Gasteiger partial charge in [-0.2, -0.15) is 0 Å². The van der Waals surface area contributed by atoms with Gasteiger partial charge in [0.25, 0.3) is 0 Å². The third-order valence-corrected chi connectivity index (χ3v) is 1.93. The van der Waals surface area contributed by atoms with Gasteiger partial charge in [-0.1, -0.05) is 12.1 Å². The Balaban J connectivity index is 0.00000196. The molecule has 0 bridgehead atoms. The van der Waals surface area contributed by atoms with Gasteiger partial charge in [0.15, 0.2) is 0 Å². The predicted octanol–water partition coefficient (Wildman–Crippen LogP) is 1.78. The van der Waals surface area contributed by atoms with Gasteiger partial charge < -0.3 is 10.5 Å². The molecule has 0 aliphatic carbocycles. The molecule has 2 N–H and O–H groups in total. The number of nitrogens with two attached hydrogens (primary N) is 1. The highest BCUT2D eigenvalue weighted by atomic mass is 35.5. The van der Waals surface area contributed by atoms with Gasteiger partial charge in [0.1, 0.15) is 0 Å². The monoisotopic (exact) mass is 229 g/mol. The Morgan fingerprint density at radius 1 is 1.40 bits per heavy atom. The van der Waals surface area contributed by atoms with E-state index in [1.54, 1.807) is 12.1 Å². The second-order valence-electron chi connectivity index (χ2n) is 3.37. The number of ether oxygens (including phenoxy) is 1. The summed E-state index contributed by atoms with van der Waals surface area (Å²) >= 11 is 0. The molecule has 0 fully saturated rings. The van der Waals surface area contributed by atoms with Crippen LogP contribution in [0.25, 0.3) is 0 Å². The number of benzene rings is 1. The van der Waals surface area contributed by atoms with E-state index in [2.05, 4.69) is 4.74 Å². The quantitative estimate of drug-likeness (QED) is 0.804. The van der Waals surface area contributed by atoms with Crippen LogP contribution in [-0.2, 0) is 11.2 Å². The minimum absolute atomic E-state index is 0. The fraction of sp³-hybridized carbons (Fsp3) is 0.364. The Morgan fingerprint density at radius 2 is 1.93 bits per heavy atom. The second kappa shape index (κ2) is 6.43. The molecule has 4 heteroatoms. The van der Waals surface area contributed by atoms with Crippen LogP contribution in [0.3, 0.4) is 0 Å². The Labute approximate surface area is 96.0 Å². The number of hydrogen-bond donors (Lipinski definition) is 1.